The number of hydrogen-bond acceptors (Lipinski definition) is 6. The van der Waals surface area contributed by atoms with Crippen molar-refractivity contribution in [2.75, 3.05) is 18.5 Å². The maximum atomic E-state index is 12.5. The molecule has 1 amide bonds. The minimum absolute atomic E-state index is 0.0292. The fraction of sp³-hybridized carbons (Fsp3) is 0.364. The third kappa shape index (κ3) is 7.37. The lowest BCUT2D eigenvalue weighted by Crippen LogP contribution is -2.41. The maximum absolute atomic E-state index is 12.5. The Morgan fingerprint density at radius 1 is 1.00 bits per heavy atom. The molecule has 0 saturated carbocycles. The number of unbranched alkanes of at least 4 members (excludes halogenated alkanes) is 1. The van der Waals surface area contributed by atoms with Crippen LogP contribution in [-0.4, -0.2) is 39.5 Å². The van der Waals surface area contributed by atoms with Crippen LogP contribution in [0.25, 0.3) is 0 Å². The molecule has 31 heavy (non-hydrogen) atoms. The first-order chi connectivity index (χ1) is 14.8. The van der Waals surface area contributed by atoms with Crippen LogP contribution in [0.4, 0.5) is 5.69 Å². The van der Waals surface area contributed by atoms with Crippen LogP contribution in [-0.2, 0) is 19.6 Å². The Hall–Kier alpha value is -2.91. The van der Waals surface area contributed by atoms with Gasteiger partial charge in [-0.1, -0.05) is 13.3 Å². The van der Waals surface area contributed by atoms with Crippen LogP contribution in [0.15, 0.2) is 53.4 Å². The predicted octanol–water partition coefficient (Wildman–Crippen LogP) is 3.35. The zero-order valence-electron chi connectivity index (χ0n) is 17.9. The van der Waals surface area contributed by atoms with Crippen molar-refractivity contribution in [3.8, 4) is 5.75 Å². The van der Waals surface area contributed by atoms with E-state index in [1.165, 1.54) is 19.1 Å². The van der Waals surface area contributed by atoms with Crippen molar-refractivity contribution < 1.29 is 27.5 Å². The van der Waals surface area contributed by atoms with Gasteiger partial charge in [-0.15, -0.1) is 0 Å². The molecule has 0 unspecified atom stereocenters. The second-order valence-corrected chi connectivity index (χ2v) is 8.52. The van der Waals surface area contributed by atoms with E-state index in [0.717, 1.165) is 12.8 Å². The van der Waals surface area contributed by atoms with Crippen molar-refractivity contribution in [2.45, 2.75) is 44.6 Å². The molecule has 0 aliphatic heterocycles. The summed E-state index contributed by atoms with van der Waals surface area (Å²) in [5.74, 6) is -0.402. The van der Waals surface area contributed by atoms with Crippen LogP contribution < -0.4 is 14.8 Å². The molecule has 9 heteroatoms. The van der Waals surface area contributed by atoms with Crippen LogP contribution >= 0.6 is 0 Å². The van der Waals surface area contributed by atoms with Gasteiger partial charge in [0, 0.05) is 5.69 Å². The van der Waals surface area contributed by atoms with E-state index in [9.17, 15) is 18.0 Å². The van der Waals surface area contributed by atoms with Crippen LogP contribution in [0.1, 0.15) is 44.0 Å². The Kier molecular flexibility index (Phi) is 9.02. The van der Waals surface area contributed by atoms with Crippen molar-refractivity contribution >= 4 is 27.6 Å². The van der Waals surface area contributed by atoms with Gasteiger partial charge in [0.15, 0.2) is 0 Å². The van der Waals surface area contributed by atoms with Crippen molar-refractivity contribution in [3.05, 3.63) is 54.1 Å². The number of anilines is 1. The first-order valence-electron chi connectivity index (χ1n) is 10.1. The van der Waals surface area contributed by atoms with Crippen molar-refractivity contribution in [1.29, 1.82) is 0 Å². The molecule has 0 fully saturated rings. The number of esters is 1. The lowest BCUT2D eigenvalue weighted by Gasteiger charge is -2.15. The summed E-state index contributed by atoms with van der Waals surface area (Å²) in [6, 6.07) is 11.1. The molecule has 168 valence electrons. The highest BCUT2D eigenvalue weighted by Gasteiger charge is 2.22. The van der Waals surface area contributed by atoms with E-state index in [2.05, 4.69) is 10.0 Å². The minimum Gasteiger partial charge on any atom is -0.494 e. The quantitative estimate of drug-likeness (QED) is 0.403. The highest BCUT2D eigenvalue weighted by atomic mass is 32.2. The molecule has 2 aromatic carbocycles. The number of nitrogens with one attached hydrogen (secondary N) is 2. The van der Waals surface area contributed by atoms with Crippen LogP contribution in [0.3, 0.4) is 0 Å². The minimum atomic E-state index is -3.89. The number of sulfonamides is 1. The molecular formula is C22H28N2O6S. The molecule has 0 aliphatic carbocycles. The third-order valence-corrected chi connectivity index (χ3v) is 5.85. The topological polar surface area (TPSA) is 111 Å². The average molecular weight is 449 g/mol. The zero-order valence-corrected chi connectivity index (χ0v) is 18.7. The molecule has 0 aromatic heterocycles. The summed E-state index contributed by atoms with van der Waals surface area (Å²) in [6.45, 7) is 6.12. The molecule has 0 radical (unpaired) electrons. The summed E-state index contributed by atoms with van der Waals surface area (Å²) in [5.41, 5.74) is 0.806. The van der Waals surface area contributed by atoms with Gasteiger partial charge in [-0.25, -0.2) is 13.2 Å². The van der Waals surface area contributed by atoms with E-state index < -0.39 is 27.9 Å². The lowest BCUT2D eigenvalue weighted by molar-refractivity contribution is -0.117. The largest absolute Gasteiger partial charge is 0.494 e. The molecule has 8 nitrogen and oxygen atoms in total. The number of amides is 1. The molecule has 1 atom stereocenters. The molecule has 0 saturated heterocycles. The number of ether oxygens (including phenoxy) is 2. The van der Waals surface area contributed by atoms with Crippen molar-refractivity contribution in [1.82, 2.24) is 4.72 Å². The molecular weight excluding hydrogens is 420 g/mol. The van der Waals surface area contributed by atoms with Crippen molar-refractivity contribution in [3.63, 3.8) is 0 Å². The summed E-state index contributed by atoms with van der Waals surface area (Å²) in [5, 5.41) is 2.62. The maximum Gasteiger partial charge on any atom is 0.338 e. The van der Waals surface area contributed by atoms with E-state index in [-0.39, 0.29) is 4.90 Å². The van der Waals surface area contributed by atoms with Gasteiger partial charge in [0.1, 0.15) is 5.75 Å². The number of carbonyl (C=O) groups excluding carboxylic acids is 2. The van der Waals surface area contributed by atoms with Gasteiger partial charge in [-0.05, 0) is 68.8 Å². The molecule has 0 heterocycles. The lowest BCUT2D eigenvalue weighted by atomic mass is 10.2. The fourth-order valence-corrected chi connectivity index (χ4v) is 3.77. The molecule has 2 rings (SSSR count). The van der Waals surface area contributed by atoms with E-state index >= 15 is 0 Å². The van der Waals surface area contributed by atoms with E-state index in [1.807, 2.05) is 13.8 Å². The van der Waals surface area contributed by atoms with Gasteiger partial charge in [0.05, 0.1) is 29.7 Å². The van der Waals surface area contributed by atoms with Crippen LogP contribution in [0.2, 0.25) is 0 Å². The SMILES string of the molecule is CCCCOC(=O)c1ccc(NC(=O)[C@H](C)NS(=O)(=O)c2ccc(OCC)cc2)cc1. The zero-order chi connectivity index (χ0) is 22.9. The number of benzene rings is 2. The first-order valence-corrected chi connectivity index (χ1v) is 11.6. The van der Waals surface area contributed by atoms with E-state index in [1.54, 1.807) is 36.4 Å². The predicted molar refractivity (Wildman–Crippen MR) is 118 cm³/mol. The summed E-state index contributed by atoms with van der Waals surface area (Å²) in [6.07, 6.45) is 1.73. The average Bonchev–Trinajstić information content (AvgIpc) is 2.74. The number of rotatable bonds is 11. The Bertz CT molecular complexity index is 972. The second-order valence-electron chi connectivity index (χ2n) is 6.80. The van der Waals surface area contributed by atoms with Gasteiger partial charge >= 0.3 is 5.97 Å². The standard InChI is InChI=1S/C22H28N2O6S/c1-4-6-15-30-22(26)17-7-9-18(10-8-17)23-21(25)16(3)24-31(27,28)20-13-11-19(12-14-20)29-5-2/h7-14,16,24H,4-6,15H2,1-3H3,(H,23,25)/t16-/m0/s1. The summed E-state index contributed by atoms with van der Waals surface area (Å²) in [4.78, 5) is 24.3. The first kappa shape index (κ1) is 24.4. The van der Waals surface area contributed by atoms with E-state index in [4.69, 9.17) is 9.47 Å². The van der Waals surface area contributed by atoms with Crippen LogP contribution in [0, 0.1) is 0 Å². The summed E-state index contributed by atoms with van der Waals surface area (Å²) in [7, 11) is -3.89. The second kappa shape index (κ2) is 11.5. The molecule has 0 spiro atoms. The smallest absolute Gasteiger partial charge is 0.338 e. The van der Waals surface area contributed by atoms with Gasteiger partial charge in [0.2, 0.25) is 15.9 Å². The van der Waals surface area contributed by atoms with Gasteiger partial charge in [-0.3, -0.25) is 4.79 Å². The monoisotopic (exact) mass is 448 g/mol. The Labute approximate surface area is 183 Å². The third-order valence-electron chi connectivity index (χ3n) is 4.29. The Morgan fingerprint density at radius 2 is 1.65 bits per heavy atom. The van der Waals surface area contributed by atoms with Gasteiger partial charge < -0.3 is 14.8 Å². The Morgan fingerprint density at radius 3 is 2.23 bits per heavy atom. The van der Waals surface area contributed by atoms with Gasteiger partial charge in [0.25, 0.3) is 0 Å². The van der Waals surface area contributed by atoms with Crippen LogP contribution in [0.5, 0.6) is 5.75 Å². The van der Waals surface area contributed by atoms with E-state index in [0.29, 0.717) is 30.2 Å². The summed E-state index contributed by atoms with van der Waals surface area (Å²) < 4.78 is 37.8. The highest BCUT2D eigenvalue weighted by Crippen LogP contribution is 2.17. The molecule has 2 N–H and O–H groups in total. The number of carbonyl (C=O) groups is 2. The normalized spacial score (nSPS) is 12.1. The molecule has 2 aromatic rings. The number of hydrogen-bond donors (Lipinski definition) is 2. The summed E-state index contributed by atoms with van der Waals surface area (Å²) >= 11 is 0. The highest BCUT2D eigenvalue weighted by molar-refractivity contribution is 7.89. The van der Waals surface area contributed by atoms with Gasteiger partial charge in [-0.2, -0.15) is 4.72 Å². The van der Waals surface area contributed by atoms with Crippen molar-refractivity contribution in [2.24, 2.45) is 0 Å². The molecule has 0 aliphatic rings. The Balaban J connectivity index is 1.94. The fourth-order valence-electron chi connectivity index (χ4n) is 2.57. The molecule has 0 bridgehead atoms.